The number of phenols is 1. The topological polar surface area (TPSA) is 124 Å². The van der Waals surface area contributed by atoms with Crippen LogP contribution in [0.15, 0.2) is 30.3 Å². The van der Waals surface area contributed by atoms with Gasteiger partial charge in [0.1, 0.15) is 5.69 Å². The summed E-state index contributed by atoms with van der Waals surface area (Å²) in [6.45, 7) is 0. The van der Waals surface area contributed by atoms with Gasteiger partial charge in [0.05, 0.1) is 10.5 Å². The van der Waals surface area contributed by atoms with Gasteiger partial charge in [0.15, 0.2) is 17.3 Å². The Kier molecular flexibility index (Phi) is 2.52. The van der Waals surface area contributed by atoms with E-state index in [0.29, 0.717) is 0 Å². The van der Waals surface area contributed by atoms with Gasteiger partial charge in [0.2, 0.25) is 0 Å². The SMILES string of the molecule is Nc1c2c(cc(O)c1[N+](=O)[O-])C(=O)c1ccccc1C2=O. The number of anilines is 1. The molecule has 104 valence electrons. The molecule has 0 atom stereocenters. The van der Waals surface area contributed by atoms with Crippen molar-refractivity contribution in [3.63, 3.8) is 0 Å². The number of aromatic hydroxyl groups is 1. The van der Waals surface area contributed by atoms with Gasteiger partial charge >= 0.3 is 5.69 Å². The molecule has 0 bridgehead atoms. The number of ketones is 2. The highest BCUT2D eigenvalue weighted by Gasteiger charge is 2.36. The minimum Gasteiger partial charge on any atom is -0.502 e. The van der Waals surface area contributed by atoms with E-state index in [1.54, 1.807) is 12.1 Å². The molecule has 0 saturated carbocycles. The predicted octanol–water partition coefficient (Wildman–Crippen LogP) is 1.66. The Labute approximate surface area is 117 Å². The quantitative estimate of drug-likeness (QED) is 0.398. The first kappa shape index (κ1) is 12.8. The lowest BCUT2D eigenvalue weighted by Gasteiger charge is -2.18. The van der Waals surface area contributed by atoms with E-state index < -0.39 is 33.6 Å². The molecule has 21 heavy (non-hydrogen) atoms. The number of nitrogen functional groups attached to an aromatic ring is 1. The Morgan fingerprint density at radius 3 is 2.19 bits per heavy atom. The van der Waals surface area contributed by atoms with E-state index in [-0.39, 0.29) is 22.3 Å². The molecule has 0 heterocycles. The number of nitrogens with zero attached hydrogens (tertiary/aromatic N) is 1. The molecule has 0 radical (unpaired) electrons. The molecule has 1 aliphatic carbocycles. The number of rotatable bonds is 1. The molecule has 2 aromatic carbocycles. The number of benzene rings is 2. The largest absolute Gasteiger partial charge is 0.502 e. The van der Waals surface area contributed by atoms with Crippen molar-refractivity contribution in [1.82, 2.24) is 0 Å². The first-order valence-corrected chi connectivity index (χ1v) is 5.91. The van der Waals surface area contributed by atoms with Crippen LogP contribution in [0.1, 0.15) is 31.8 Å². The van der Waals surface area contributed by atoms with Gasteiger partial charge in [-0.1, -0.05) is 24.3 Å². The van der Waals surface area contributed by atoms with Gasteiger partial charge in [0, 0.05) is 16.7 Å². The van der Waals surface area contributed by atoms with Crippen molar-refractivity contribution in [2.24, 2.45) is 0 Å². The van der Waals surface area contributed by atoms with Crippen molar-refractivity contribution >= 4 is 22.9 Å². The molecule has 0 fully saturated rings. The Bertz CT molecular complexity index is 841. The Morgan fingerprint density at radius 1 is 1.05 bits per heavy atom. The third-order valence-electron chi connectivity index (χ3n) is 3.39. The van der Waals surface area contributed by atoms with Gasteiger partial charge in [-0.2, -0.15) is 0 Å². The second-order valence-corrected chi connectivity index (χ2v) is 4.54. The highest BCUT2D eigenvalue weighted by molar-refractivity contribution is 6.30. The van der Waals surface area contributed by atoms with Gasteiger partial charge in [0.25, 0.3) is 0 Å². The van der Waals surface area contributed by atoms with E-state index in [0.717, 1.165) is 6.07 Å². The summed E-state index contributed by atoms with van der Waals surface area (Å²) in [7, 11) is 0. The van der Waals surface area contributed by atoms with E-state index in [9.17, 15) is 24.8 Å². The molecule has 3 N–H and O–H groups in total. The first-order valence-electron chi connectivity index (χ1n) is 5.91. The lowest BCUT2D eigenvalue weighted by atomic mass is 9.83. The summed E-state index contributed by atoms with van der Waals surface area (Å²) in [5, 5.41) is 20.6. The average Bonchev–Trinajstić information content (AvgIpc) is 2.44. The van der Waals surface area contributed by atoms with E-state index in [1.807, 2.05) is 0 Å². The summed E-state index contributed by atoms with van der Waals surface area (Å²) in [5.74, 6) is -1.81. The van der Waals surface area contributed by atoms with Gasteiger partial charge in [-0.15, -0.1) is 0 Å². The van der Waals surface area contributed by atoms with Crippen molar-refractivity contribution in [1.29, 1.82) is 0 Å². The summed E-state index contributed by atoms with van der Waals surface area (Å²) in [4.78, 5) is 34.8. The average molecular weight is 284 g/mol. The Morgan fingerprint density at radius 2 is 1.62 bits per heavy atom. The van der Waals surface area contributed by atoms with E-state index in [4.69, 9.17) is 5.73 Å². The van der Waals surface area contributed by atoms with Gasteiger partial charge in [-0.3, -0.25) is 19.7 Å². The van der Waals surface area contributed by atoms with Crippen LogP contribution < -0.4 is 5.73 Å². The zero-order chi connectivity index (χ0) is 15.3. The standard InChI is InChI=1S/C14H8N2O5/c15-11-10-8(5-9(17)12(11)16(20)21)13(18)6-3-1-2-4-7(6)14(10)19/h1-5,17H,15H2. The van der Waals surface area contributed by atoms with Crippen molar-refractivity contribution in [2.45, 2.75) is 0 Å². The molecule has 2 aromatic rings. The summed E-state index contributed by atoms with van der Waals surface area (Å²) in [5.41, 5.74) is 4.34. The third-order valence-corrected chi connectivity index (χ3v) is 3.39. The zero-order valence-electron chi connectivity index (χ0n) is 10.5. The van der Waals surface area contributed by atoms with Crippen LogP contribution in [0, 0.1) is 10.1 Å². The number of phenolic OH excluding ortho intramolecular Hbond substituents is 1. The molecular weight excluding hydrogens is 276 g/mol. The fourth-order valence-corrected chi connectivity index (χ4v) is 2.45. The minimum absolute atomic E-state index is 0.126. The van der Waals surface area contributed by atoms with Crippen LogP contribution in [0.3, 0.4) is 0 Å². The number of carbonyl (C=O) groups is 2. The van der Waals surface area contributed by atoms with Gasteiger partial charge in [-0.05, 0) is 6.07 Å². The van der Waals surface area contributed by atoms with E-state index >= 15 is 0 Å². The van der Waals surface area contributed by atoms with Gasteiger partial charge < -0.3 is 10.8 Å². The molecule has 7 nitrogen and oxygen atoms in total. The number of nitro groups is 1. The number of fused-ring (bicyclic) bond motifs is 2. The van der Waals surface area contributed by atoms with Crippen molar-refractivity contribution < 1.29 is 19.6 Å². The number of carbonyl (C=O) groups excluding carboxylic acids is 2. The Balaban J connectivity index is 2.39. The lowest BCUT2D eigenvalue weighted by molar-refractivity contribution is -0.384. The zero-order valence-corrected chi connectivity index (χ0v) is 10.5. The molecule has 0 aromatic heterocycles. The summed E-state index contributed by atoms with van der Waals surface area (Å²) < 4.78 is 0. The molecule has 3 rings (SSSR count). The second-order valence-electron chi connectivity index (χ2n) is 4.54. The monoisotopic (exact) mass is 284 g/mol. The maximum Gasteiger partial charge on any atom is 0.334 e. The van der Waals surface area contributed by atoms with Crippen LogP contribution in [0.4, 0.5) is 11.4 Å². The van der Waals surface area contributed by atoms with Crippen molar-refractivity contribution in [3.8, 4) is 5.75 Å². The first-order chi connectivity index (χ1) is 9.93. The fourth-order valence-electron chi connectivity index (χ4n) is 2.45. The van der Waals surface area contributed by atoms with Crippen molar-refractivity contribution in [2.75, 3.05) is 5.73 Å². The van der Waals surface area contributed by atoms with Crippen LogP contribution >= 0.6 is 0 Å². The van der Waals surface area contributed by atoms with Crippen molar-refractivity contribution in [3.05, 3.63) is 62.7 Å². The fraction of sp³-hybridized carbons (Fsp3) is 0. The van der Waals surface area contributed by atoms with Crippen LogP contribution in [0.2, 0.25) is 0 Å². The van der Waals surface area contributed by atoms with Crippen LogP contribution in [0.25, 0.3) is 0 Å². The highest BCUT2D eigenvalue weighted by Crippen LogP contribution is 2.41. The molecule has 0 amide bonds. The number of hydrogen-bond donors (Lipinski definition) is 2. The smallest absolute Gasteiger partial charge is 0.334 e. The summed E-state index contributed by atoms with van der Waals surface area (Å²) in [6, 6.07) is 7.04. The summed E-state index contributed by atoms with van der Waals surface area (Å²) >= 11 is 0. The third kappa shape index (κ3) is 1.61. The Hall–Kier alpha value is -3.22. The minimum atomic E-state index is -0.886. The number of hydrogen-bond acceptors (Lipinski definition) is 6. The molecule has 7 heteroatoms. The van der Waals surface area contributed by atoms with Crippen LogP contribution in [-0.4, -0.2) is 21.6 Å². The molecule has 0 saturated heterocycles. The second kappa shape index (κ2) is 4.14. The predicted molar refractivity (Wildman–Crippen MR) is 72.5 cm³/mol. The highest BCUT2D eigenvalue weighted by atomic mass is 16.6. The molecule has 0 unspecified atom stereocenters. The van der Waals surface area contributed by atoms with Crippen LogP contribution in [0.5, 0.6) is 5.75 Å². The number of nitro benzene ring substituents is 1. The number of nitrogens with two attached hydrogens (primary N) is 1. The maximum atomic E-state index is 12.4. The van der Waals surface area contributed by atoms with E-state index in [2.05, 4.69) is 0 Å². The van der Waals surface area contributed by atoms with Crippen LogP contribution in [-0.2, 0) is 0 Å². The molecule has 0 spiro atoms. The molecule has 1 aliphatic rings. The summed E-state index contributed by atoms with van der Waals surface area (Å²) in [6.07, 6.45) is 0. The molecule has 0 aliphatic heterocycles. The van der Waals surface area contributed by atoms with Gasteiger partial charge in [-0.25, -0.2) is 0 Å². The lowest BCUT2D eigenvalue weighted by Crippen LogP contribution is -2.22. The molecular formula is C14H8N2O5. The normalized spacial score (nSPS) is 12.8. The maximum absolute atomic E-state index is 12.4. The van der Waals surface area contributed by atoms with E-state index in [1.165, 1.54) is 12.1 Å².